The summed E-state index contributed by atoms with van der Waals surface area (Å²) in [5, 5.41) is 0. The molecule has 2 heteroatoms. The van der Waals surface area contributed by atoms with Gasteiger partial charge in [-0.3, -0.25) is 0 Å². The fourth-order valence-electron chi connectivity index (χ4n) is 0.566. The van der Waals surface area contributed by atoms with Crippen molar-refractivity contribution in [3.63, 3.8) is 0 Å². The molecule has 0 aromatic rings. The molecule has 0 rings (SSSR count). The Morgan fingerprint density at radius 1 is 1.56 bits per heavy atom. The van der Waals surface area contributed by atoms with Gasteiger partial charge in [0.1, 0.15) is 0 Å². The van der Waals surface area contributed by atoms with Gasteiger partial charge >= 0.3 is 0 Å². The Balaban J connectivity index is 3.20. The van der Waals surface area contributed by atoms with E-state index in [-0.39, 0.29) is 6.10 Å². The van der Waals surface area contributed by atoms with Crippen molar-refractivity contribution in [1.29, 1.82) is 0 Å². The van der Waals surface area contributed by atoms with Crippen molar-refractivity contribution in [2.45, 2.75) is 12.5 Å². The molecule has 1 unspecified atom stereocenters. The SMILES string of the molecule is C=CC(CCOC)OC. The van der Waals surface area contributed by atoms with Crippen LogP contribution in [0.15, 0.2) is 12.7 Å². The van der Waals surface area contributed by atoms with Crippen molar-refractivity contribution < 1.29 is 9.47 Å². The number of methoxy groups -OCH3 is 2. The highest BCUT2D eigenvalue weighted by Crippen LogP contribution is 1.96. The summed E-state index contributed by atoms with van der Waals surface area (Å²) < 4.78 is 9.85. The Labute approximate surface area is 56.5 Å². The van der Waals surface area contributed by atoms with Gasteiger partial charge in [-0.25, -0.2) is 0 Å². The van der Waals surface area contributed by atoms with Crippen molar-refractivity contribution in [1.82, 2.24) is 0 Å². The van der Waals surface area contributed by atoms with E-state index in [0.717, 1.165) is 13.0 Å². The van der Waals surface area contributed by atoms with E-state index in [1.165, 1.54) is 0 Å². The van der Waals surface area contributed by atoms with Crippen LogP contribution in [-0.2, 0) is 9.47 Å². The molecule has 0 amide bonds. The van der Waals surface area contributed by atoms with Gasteiger partial charge < -0.3 is 9.47 Å². The first-order valence-corrected chi connectivity index (χ1v) is 2.99. The van der Waals surface area contributed by atoms with Gasteiger partial charge in [-0.05, 0) is 0 Å². The van der Waals surface area contributed by atoms with Crippen molar-refractivity contribution in [3.05, 3.63) is 12.7 Å². The molecular weight excluding hydrogens is 116 g/mol. The largest absolute Gasteiger partial charge is 0.385 e. The van der Waals surface area contributed by atoms with Crippen LogP contribution in [-0.4, -0.2) is 26.9 Å². The van der Waals surface area contributed by atoms with Crippen LogP contribution < -0.4 is 0 Å². The quantitative estimate of drug-likeness (QED) is 0.521. The third kappa shape index (κ3) is 4.18. The van der Waals surface area contributed by atoms with E-state index in [1.807, 2.05) is 0 Å². The standard InChI is InChI=1S/C7H14O2/c1-4-7(9-3)5-6-8-2/h4,7H,1,5-6H2,2-3H3. The maximum Gasteiger partial charge on any atom is 0.0771 e. The Morgan fingerprint density at radius 2 is 2.22 bits per heavy atom. The van der Waals surface area contributed by atoms with Crippen molar-refractivity contribution in [2.24, 2.45) is 0 Å². The van der Waals surface area contributed by atoms with E-state index >= 15 is 0 Å². The molecule has 0 aliphatic heterocycles. The minimum Gasteiger partial charge on any atom is -0.385 e. The Kier molecular flexibility index (Phi) is 5.57. The summed E-state index contributed by atoms with van der Waals surface area (Å²) in [6.07, 6.45) is 2.81. The number of hydrogen-bond acceptors (Lipinski definition) is 2. The summed E-state index contributed by atoms with van der Waals surface area (Å²) in [5.74, 6) is 0. The number of hydrogen-bond donors (Lipinski definition) is 0. The Hall–Kier alpha value is -0.340. The lowest BCUT2D eigenvalue weighted by Crippen LogP contribution is -2.08. The third-order valence-electron chi connectivity index (χ3n) is 1.17. The van der Waals surface area contributed by atoms with Crippen LogP contribution in [0.4, 0.5) is 0 Å². The van der Waals surface area contributed by atoms with Gasteiger partial charge in [0.2, 0.25) is 0 Å². The van der Waals surface area contributed by atoms with E-state index in [0.29, 0.717) is 0 Å². The van der Waals surface area contributed by atoms with Crippen molar-refractivity contribution in [2.75, 3.05) is 20.8 Å². The molecule has 0 aromatic carbocycles. The summed E-state index contributed by atoms with van der Waals surface area (Å²) >= 11 is 0. The first kappa shape index (κ1) is 8.66. The molecular formula is C7H14O2. The highest BCUT2D eigenvalue weighted by molar-refractivity contribution is 4.78. The summed E-state index contributed by atoms with van der Waals surface area (Å²) in [4.78, 5) is 0. The fourth-order valence-corrected chi connectivity index (χ4v) is 0.566. The lowest BCUT2D eigenvalue weighted by molar-refractivity contribution is 0.0965. The Bertz CT molecular complexity index is 71.3. The molecule has 0 aromatic heterocycles. The smallest absolute Gasteiger partial charge is 0.0771 e. The topological polar surface area (TPSA) is 18.5 Å². The summed E-state index contributed by atoms with van der Waals surface area (Å²) in [6, 6.07) is 0. The second-order valence-corrected chi connectivity index (χ2v) is 1.79. The predicted molar refractivity (Wildman–Crippen MR) is 37.5 cm³/mol. The molecule has 0 spiro atoms. The van der Waals surface area contributed by atoms with Gasteiger partial charge in [0.15, 0.2) is 0 Å². The van der Waals surface area contributed by atoms with E-state index in [4.69, 9.17) is 9.47 Å². The lowest BCUT2D eigenvalue weighted by Gasteiger charge is -2.07. The minimum atomic E-state index is 0.143. The van der Waals surface area contributed by atoms with Crippen molar-refractivity contribution in [3.8, 4) is 0 Å². The minimum absolute atomic E-state index is 0.143. The van der Waals surface area contributed by atoms with Gasteiger partial charge in [-0.2, -0.15) is 0 Å². The van der Waals surface area contributed by atoms with Crippen LogP contribution >= 0.6 is 0 Å². The molecule has 0 heterocycles. The zero-order valence-corrected chi connectivity index (χ0v) is 6.09. The second kappa shape index (κ2) is 5.79. The van der Waals surface area contributed by atoms with Crippen molar-refractivity contribution >= 4 is 0 Å². The third-order valence-corrected chi connectivity index (χ3v) is 1.17. The summed E-state index contributed by atoms with van der Waals surface area (Å²) in [7, 11) is 3.35. The molecule has 9 heavy (non-hydrogen) atoms. The molecule has 1 atom stereocenters. The maximum absolute atomic E-state index is 5.00. The van der Waals surface area contributed by atoms with Crippen LogP contribution in [0.2, 0.25) is 0 Å². The first-order chi connectivity index (χ1) is 4.35. The molecule has 0 N–H and O–H groups in total. The number of rotatable bonds is 5. The Morgan fingerprint density at radius 3 is 2.56 bits per heavy atom. The highest BCUT2D eigenvalue weighted by atomic mass is 16.5. The maximum atomic E-state index is 5.00. The van der Waals surface area contributed by atoms with Gasteiger partial charge in [0, 0.05) is 27.2 Å². The molecule has 54 valence electrons. The van der Waals surface area contributed by atoms with E-state index in [1.54, 1.807) is 20.3 Å². The van der Waals surface area contributed by atoms with Gasteiger partial charge in [-0.15, -0.1) is 6.58 Å². The van der Waals surface area contributed by atoms with E-state index < -0.39 is 0 Å². The molecule has 0 aliphatic carbocycles. The molecule has 0 saturated carbocycles. The van der Waals surface area contributed by atoms with Crippen LogP contribution in [0.3, 0.4) is 0 Å². The fraction of sp³-hybridized carbons (Fsp3) is 0.714. The first-order valence-electron chi connectivity index (χ1n) is 2.99. The van der Waals surface area contributed by atoms with Crippen LogP contribution in [0.5, 0.6) is 0 Å². The average Bonchev–Trinajstić information content (AvgIpc) is 1.91. The van der Waals surface area contributed by atoms with Crippen LogP contribution in [0, 0.1) is 0 Å². The molecule has 0 radical (unpaired) electrons. The predicted octanol–water partition coefficient (Wildman–Crippen LogP) is 1.22. The molecule has 0 fully saturated rings. The van der Waals surface area contributed by atoms with Gasteiger partial charge in [0.25, 0.3) is 0 Å². The van der Waals surface area contributed by atoms with Gasteiger partial charge in [0.05, 0.1) is 6.10 Å². The monoisotopic (exact) mass is 130 g/mol. The van der Waals surface area contributed by atoms with Gasteiger partial charge in [-0.1, -0.05) is 6.08 Å². The highest BCUT2D eigenvalue weighted by Gasteiger charge is 1.98. The lowest BCUT2D eigenvalue weighted by atomic mass is 10.3. The molecule has 0 bridgehead atoms. The number of ether oxygens (including phenoxy) is 2. The van der Waals surface area contributed by atoms with E-state index in [2.05, 4.69) is 6.58 Å². The summed E-state index contributed by atoms with van der Waals surface area (Å²) in [5.41, 5.74) is 0. The van der Waals surface area contributed by atoms with Crippen LogP contribution in [0.25, 0.3) is 0 Å². The normalized spacial score (nSPS) is 13.1. The molecule has 0 saturated heterocycles. The van der Waals surface area contributed by atoms with Crippen LogP contribution in [0.1, 0.15) is 6.42 Å². The van der Waals surface area contributed by atoms with E-state index in [9.17, 15) is 0 Å². The zero-order valence-electron chi connectivity index (χ0n) is 6.09. The second-order valence-electron chi connectivity index (χ2n) is 1.79. The molecule has 0 aliphatic rings. The zero-order chi connectivity index (χ0) is 7.11. The average molecular weight is 130 g/mol. The molecule has 2 nitrogen and oxygen atoms in total. The summed E-state index contributed by atoms with van der Waals surface area (Å²) in [6.45, 7) is 4.33.